The highest BCUT2D eigenvalue weighted by Crippen LogP contribution is 2.25. The minimum atomic E-state index is 0.668. The van der Waals surface area contributed by atoms with Crippen LogP contribution in [0.4, 0.5) is 0 Å². The number of halogens is 1. The third kappa shape index (κ3) is 4.26. The van der Waals surface area contributed by atoms with Crippen LogP contribution < -0.4 is 4.74 Å². The molecule has 0 saturated carbocycles. The molecule has 0 radical (unpaired) electrons. The first kappa shape index (κ1) is 14.9. The lowest BCUT2D eigenvalue weighted by molar-refractivity contribution is 0.331. The summed E-state index contributed by atoms with van der Waals surface area (Å²) in [5, 5.41) is 0.668. The van der Waals surface area contributed by atoms with E-state index in [0.717, 1.165) is 25.3 Å². The maximum atomic E-state index is 6.14. The van der Waals surface area contributed by atoms with E-state index in [1.807, 2.05) is 18.2 Å². The molecule has 0 aliphatic heterocycles. The topological polar surface area (TPSA) is 12.5 Å². The molecule has 0 unspecified atom stereocenters. The molecule has 0 saturated heterocycles. The molecular weight excluding hydrogens is 270 g/mol. The Kier molecular flexibility index (Phi) is 5.45. The predicted octanol–water partition coefficient (Wildman–Crippen LogP) is 4.02. The molecule has 2 nitrogen and oxygen atoms in total. The highest BCUT2D eigenvalue weighted by atomic mass is 35.5. The maximum absolute atomic E-state index is 6.14. The van der Waals surface area contributed by atoms with Crippen molar-refractivity contribution in [1.82, 2.24) is 4.90 Å². The minimum absolute atomic E-state index is 0.668. The fourth-order valence-electron chi connectivity index (χ4n) is 2.16. The van der Waals surface area contributed by atoms with Crippen LogP contribution in [-0.2, 0) is 13.0 Å². The van der Waals surface area contributed by atoms with Crippen LogP contribution in [0.15, 0.2) is 48.5 Å². The van der Waals surface area contributed by atoms with Crippen LogP contribution in [0.25, 0.3) is 0 Å². The summed E-state index contributed by atoms with van der Waals surface area (Å²) in [5.41, 5.74) is 2.57. The van der Waals surface area contributed by atoms with Crippen LogP contribution in [0.3, 0.4) is 0 Å². The Bertz CT molecular complexity index is 542. The van der Waals surface area contributed by atoms with Crippen LogP contribution in [-0.4, -0.2) is 25.6 Å². The molecule has 106 valence electrons. The summed E-state index contributed by atoms with van der Waals surface area (Å²) < 4.78 is 5.16. The zero-order valence-corrected chi connectivity index (χ0v) is 12.7. The van der Waals surface area contributed by atoms with Crippen molar-refractivity contribution < 1.29 is 4.74 Å². The molecule has 20 heavy (non-hydrogen) atoms. The first-order valence-electron chi connectivity index (χ1n) is 6.74. The highest BCUT2D eigenvalue weighted by molar-refractivity contribution is 6.32. The number of hydrogen-bond acceptors (Lipinski definition) is 2. The zero-order chi connectivity index (χ0) is 14.4. The number of benzene rings is 2. The van der Waals surface area contributed by atoms with Gasteiger partial charge in [0.25, 0.3) is 0 Å². The Morgan fingerprint density at radius 2 is 1.80 bits per heavy atom. The van der Waals surface area contributed by atoms with Gasteiger partial charge in [-0.25, -0.2) is 0 Å². The van der Waals surface area contributed by atoms with Crippen molar-refractivity contribution in [2.24, 2.45) is 0 Å². The van der Waals surface area contributed by atoms with E-state index in [4.69, 9.17) is 16.3 Å². The molecule has 0 aliphatic rings. The summed E-state index contributed by atoms with van der Waals surface area (Å²) in [6, 6.07) is 16.5. The van der Waals surface area contributed by atoms with Gasteiger partial charge in [0.15, 0.2) is 0 Å². The second-order valence-electron chi connectivity index (χ2n) is 4.94. The first-order valence-corrected chi connectivity index (χ1v) is 7.11. The molecule has 0 heterocycles. The van der Waals surface area contributed by atoms with Crippen molar-refractivity contribution in [3.8, 4) is 5.75 Å². The van der Waals surface area contributed by atoms with Crippen LogP contribution >= 0.6 is 11.6 Å². The van der Waals surface area contributed by atoms with Crippen molar-refractivity contribution in [3.05, 3.63) is 64.7 Å². The first-order chi connectivity index (χ1) is 9.69. The monoisotopic (exact) mass is 289 g/mol. The van der Waals surface area contributed by atoms with Crippen LogP contribution in [0, 0.1) is 0 Å². The van der Waals surface area contributed by atoms with E-state index in [-0.39, 0.29) is 0 Å². The van der Waals surface area contributed by atoms with Gasteiger partial charge in [0.2, 0.25) is 0 Å². The van der Waals surface area contributed by atoms with E-state index in [0.29, 0.717) is 5.02 Å². The quantitative estimate of drug-likeness (QED) is 0.796. The van der Waals surface area contributed by atoms with Crippen molar-refractivity contribution in [2.75, 3.05) is 20.7 Å². The Morgan fingerprint density at radius 3 is 2.45 bits per heavy atom. The van der Waals surface area contributed by atoms with Crippen LogP contribution in [0.2, 0.25) is 5.02 Å². The van der Waals surface area contributed by atoms with E-state index in [1.54, 1.807) is 7.11 Å². The number of methoxy groups -OCH3 is 1. The van der Waals surface area contributed by atoms with Gasteiger partial charge >= 0.3 is 0 Å². The molecule has 0 aromatic heterocycles. The van der Waals surface area contributed by atoms with Crippen LogP contribution in [0.5, 0.6) is 5.75 Å². The van der Waals surface area contributed by atoms with Gasteiger partial charge in [-0.2, -0.15) is 0 Å². The van der Waals surface area contributed by atoms with E-state index in [1.165, 1.54) is 11.1 Å². The summed E-state index contributed by atoms with van der Waals surface area (Å²) in [5.74, 6) is 0.724. The van der Waals surface area contributed by atoms with E-state index < -0.39 is 0 Å². The van der Waals surface area contributed by atoms with Gasteiger partial charge in [0, 0.05) is 13.1 Å². The standard InChI is InChI=1S/C17H20ClNO/c1-19(11-10-14-6-4-3-5-7-14)13-15-8-9-17(20-2)16(18)12-15/h3-9,12H,10-11,13H2,1-2H3. The smallest absolute Gasteiger partial charge is 0.137 e. The fraction of sp³-hybridized carbons (Fsp3) is 0.294. The third-order valence-corrected chi connectivity index (χ3v) is 3.59. The van der Waals surface area contributed by atoms with Gasteiger partial charge in [-0.3, -0.25) is 0 Å². The summed E-state index contributed by atoms with van der Waals surface area (Å²) in [6.07, 6.45) is 1.06. The molecule has 0 aliphatic carbocycles. The molecule has 2 rings (SSSR count). The van der Waals surface area contributed by atoms with Gasteiger partial charge in [-0.05, 0) is 36.7 Å². The molecule has 3 heteroatoms. The Balaban J connectivity index is 1.88. The molecule has 0 amide bonds. The maximum Gasteiger partial charge on any atom is 0.137 e. The molecule has 0 spiro atoms. The molecule has 2 aromatic rings. The molecule has 0 N–H and O–H groups in total. The zero-order valence-electron chi connectivity index (χ0n) is 12.0. The Hall–Kier alpha value is -1.51. The summed E-state index contributed by atoms with van der Waals surface area (Å²) >= 11 is 6.14. The second kappa shape index (κ2) is 7.32. The molecule has 2 aromatic carbocycles. The van der Waals surface area contributed by atoms with Crippen molar-refractivity contribution in [3.63, 3.8) is 0 Å². The predicted molar refractivity (Wildman–Crippen MR) is 84.5 cm³/mol. The minimum Gasteiger partial charge on any atom is -0.495 e. The highest BCUT2D eigenvalue weighted by Gasteiger charge is 2.05. The summed E-state index contributed by atoms with van der Waals surface area (Å²) in [4.78, 5) is 2.30. The number of ether oxygens (including phenoxy) is 1. The summed E-state index contributed by atoms with van der Waals surface area (Å²) in [6.45, 7) is 1.91. The van der Waals surface area contributed by atoms with E-state index in [2.05, 4.69) is 42.3 Å². The lowest BCUT2D eigenvalue weighted by Gasteiger charge is -2.17. The van der Waals surface area contributed by atoms with Gasteiger partial charge in [0.05, 0.1) is 12.1 Å². The molecule has 0 atom stereocenters. The normalized spacial score (nSPS) is 10.8. The summed E-state index contributed by atoms with van der Waals surface area (Å²) in [7, 11) is 3.76. The Labute approximate surface area is 125 Å². The lowest BCUT2D eigenvalue weighted by Crippen LogP contribution is -2.20. The molecule has 0 bridgehead atoms. The SMILES string of the molecule is COc1ccc(CN(C)CCc2ccccc2)cc1Cl. The van der Waals surface area contributed by atoms with Gasteiger partial charge in [-0.1, -0.05) is 48.0 Å². The average molecular weight is 290 g/mol. The van der Waals surface area contributed by atoms with Gasteiger partial charge < -0.3 is 9.64 Å². The molecular formula is C17H20ClNO. The number of hydrogen-bond donors (Lipinski definition) is 0. The van der Waals surface area contributed by atoms with Crippen molar-refractivity contribution in [1.29, 1.82) is 0 Å². The van der Waals surface area contributed by atoms with Crippen molar-refractivity contribution in [2.45, 2.75) is 13.0 Å². The number of rotatable bonds is 6. The molecule has 0 fully saturated rings. The number of nitrogens with zero attached hydrogens (tertiary/aromatic N) is 1. The average Bonchev–Trinajstić information content (AvgIpc) is 2.46. The fourth-order valence-corrected chi connectivity index (χ4v) is 2.44. The largest absolute Gasteiger partial charge is 0.495 e. The van der Waals surface area contributed by atoms with E-state index >= 15 is 0 Å². The number of likely N-dealkylation sites (N-methyl/N-ethyl adjacent to an activating group) is 1. The second-order valence-corrected chi connectivity index (χ2v) is 5.35. The van der Waals surface area contributed by atoms with Gasteiger partial charge in [-0.15, -0.1) is 0 Å². The van der Waals surface area contributed by atoms with E-state index in [9.17, 15) is 0 Å². The van der Waals surface area contributed by atoms with Gasteiger partial charge in [0.1, 0.15) is 5.75 Å². The third-order valence-electron chi connectivity index (χ3n) is 3.29. The lowest BCUT2D eigenvalue weighted by atomic mass is 10.1. The van der Waals surface area contributed by atoms with Crippen LogP contribution in [0.1, 0.15) is 11.1 Å². The Morgan fingerprint density at radius 1 is 1.05 bits per heavy atom. The van der Waals surface area contributed by atoms with Crippen molar-refractivity contribution >= 4 is 11.6 Å².